The molecule has 124 valence electrons. The Morgan fingerprint density at radius 3 is 2.79 bits per heavy atom. The molecule has 1 aromatic carbocycles. The predicted octanol–water partition coefficient (Wildman–Crippen LogP) is 2.89. The molecule has 1 saturated carbocycles. The monoisotopic (exact) mass is 326 g/mol. The molecule has 6 heteroatoms. The third-order valence-electron chi connectivity index (χ3n) is 3.88. The Kier molecular flexibility index (Phi) is 4.74. The van der Waals surface area contributed by atoms with Crippen LogP contribution < -0.4 is 10.1 Å². The number of aliphatic carboxylic acids is 1. The summed E-state index contributed by atoms with van der Waals surface area (Å²) in [5, 5.41) is 11.6. The summed E-state index contributed by atoms with van der Waals surface area (Å²) >= 11 is 0. The zero-order valence-corrected chi connectivity index (χ0v) is 13.1. The first-order valence-electron chi connectivity index (χ1n) is 7.85. The molecule has 1 heterocycles. The standard InChI is InChI=1S/C18H18N2O4/c21-17(22)10-12-3-1-4-14(9-12)20-18(23)13-7-8-19-16(11-13)24-15-5-2-6-15/h1,3-4,7-9,11,15H,2,5-6,10H2,(H,20,23)(H,21,22). The van der Waals surface area contributed by atoms with Crippen LogP contribution in [0.25, 0.3) is 0 Å². The number of amides is 1. The van der Waals surface area contributed by atoms with Gasteiger partial charge in [0.25, 0.3) is 5.91 Å². The molecule has 0 bridgehead atoms. The first-order chi connectivity index (χ1) is 11.6. The van der Waals surface area contributed by atoms with Crippen LogP contribution in [0, 0.1) is 0 Å². The van der Waals surface area contributed by atoms with Crippen LogP contribution in [0.1, 0.15) is 35.2 Å². The van der Waals surface area contributed by atoms with E-state index in [9.17, 15) is 9.59 Å². The maximum atomic E-state index is 12.4. The smallest absolute Gasteiger partial charge is 0.307 e. The molecule has 0 saturated heterocycles. The Labute approximate surface area is 139 Å². The highest BCUT2D eigenvalue weighted by Gasteiger charge is 2.20. The van der Waals surface area contributed by atoms with Crippen LogP contribution in [0.3, 0.4) is 0 Å². The van der Waals surface area contributed by atoms with E-state index in [1.807, 2.05) is 0 Å². The molecule has 1 aliphatic rings. The van der Waals surface area contributed by atoms with Gasteiger partial charge in [-0.2, -0.15) is 0 Å². The van der Waals surface area contributed by atoms with Crippen LogP contribution >= 0.6 is 0 Å². The molecule has 0 spiro atoms. The fraction of sp³-hybridized carbons (Fsp3) is 0.278. The molecular weight excluding hydrogens is 308 g/mol. The molecule has 2 aromatic rings. The van der Waals surface area contributed by atoms with E-state index in [-0.39, 0.29) is 18.4 Å². The average molecular weight is 326 g/mol. The van der Waals surface area contributed by atoms with E-state index in [2.05, 4.69) is 10.3 Å². The van der Waals surface area contributed by atoms with E-state index in [1.165, 1.54) is 0 Å². The van der Waals surface area contributed by atoms with Crippen molar-refractivity contribution in [3.63, 3.8) is 0 Å². The average Bonchev–Trinajstić information content (AvgIpc) is 2.51. The SMILES string of the molecule is O=C(O)Cc1cccc(NC(=O)c2ccnc(OC3CCC3)c2)c1. The van der Waals surface area contributed by atoms with Gasteiger partial charge in [-0.25, -0.2) is 4.98 Å². The maximum absolute atomic E-state index is 12.4. The molecule has 0 radical (unpaired) electrons. The number of pyridine rings is 1. The summed E-state index contributed by atoms with van der Waals surface area (Å²) < 4.78 is 5.70. The second-order valence-electron chi connectivity index (χ2n) is 5.78. The van der Waals surface area contributed by atoms with Crippen LogP contribution in [0.15, 0.2) is 42.6 Å². The molecule has 1 amide bonds. The van der Waals surface area contributed by atoms with Crippen molar-refractivity contribution in [3.8, 4) is 5.88 Å². The molecule has 1 fully saturated rings. The van der Waals surface area contributed by atoms with Gasteiger partial charge in [-0.15, -0.1) is 0 Å². The number of hydrogen-bond donors (Lipinski definition) is 2. The van der Waals surface area contributed by atoms with Crippen molar-refractivity contribution in [1.29, 1.82) is 0 Å². The quantitative estimate of drug-likeness (QED) is 0.852. The van der Waals surface area contributed by atoms with Gasteiger partial charge >= 0.3 is 5.97 Å². The van der Waals surface area contributed by atoms with Gasteiger partial charge in [-0.05, 0) is 43.0 Å². The number of anilines is 1. The van der Waals surface area contributed by atoms with Gasteiger partial charge in [-0.3, -0.25) is 9.59 Å². The van der Waals surface area contributed by atoms with Crippen molar-refractivity contribution in [3.05, 3.63) is 53.7 Å². The Morgan fingerprint density at radius 2 is 2.08 bits per heavy atom. The van der Waals surface area contributed by atoms with Crippen molar-refractivity contribution >= 4 is 17.6 Å². The topological polar surface area (TPSA) is 88.5 Å². The van der Waals surface area contributed by atoms with Gasteiger partial charge in [0.05, 0.1) is 6.42 Å². The molecule has 0 unspecified atom stereocenters. The molecular formula is C18H18N2O4. The summed E-state index contributed by atoms with van der Waals surface area (Å²) in [7, 11) is 0. The van der Waals surface area contributed by atoms with Crippen molar-refractivity contribution in [2.24, 2.45) is 0 Å². The Hall–Kier alpha value is -2.89. The molecule has 24 heavy (non-hydrogen) atoms. The number of nitrogens with zero attached hydrogens (tertiary/aromatic N) is 1. The van der Waals surface area contributed by atoms with Gasteiger partial charge < -0.3 is 15.2 Å². The summed E-state index contributed by atoms with van der Waals surface area (Å²) in [5.41, 5.74) is 1.63. The second-order valence-corrected chi connectivity index (χ2v) is 5.78. The summed E-state index contributed by atoms with van der Waals surface area (Å²) in [6.07, 6.45) is 4.87. The van der Waals surface area contributed by atoms with E-state index in [0.29, 0.717) is 22.7 Å². The predicted molar refractivity (Wildman–Crippen MR) is 88.2 cm³/mol. The summed E-state index contributed by atoms with van der Waals surface area (Å²) in [4.78, 5) is 27.3. The Morgan fingerprint density at radius 1 is 1.25 bits per heavy atom. The number of carbonyl (C=O) groups is 2. The highest BCUT2D eigenvalue weighted by Crippen LogP contribution is 2.24. The van der Waals surface area contributed by atoms with Gasteiger partial charge in [0.15, 0.2) is 0 Å². The number of aromatic nitrogens is 1. The lowest BCUT2D eigenvalue weighted by Gasteiger charge is -2.25. The van der Waals surface area contributed by atoms with Crippen molar-refractivity contribution in [1.82, 2.24) is 4.98 Å². The number of ether oxygens (including phenoxy) is 1. The highest BCUT2D eigenvalue weighted by molar-refractivity contribution is 6.04. The van der Waals surface area contributed by atoms with Crippen LogP contribution in [0.5, 0.6) is 5.88 Å². The summed E-state index contributed by atoms with van der Waals surface area (Å²) in [6, 6.07) is 10.0. The minimum absolute atomic E-state index is 0.0850. The number of rotatable bonds is 6. The lowest BCUT2D eigenvalue weighted by molar-refractivity contribution is -0.136. The minimum atomic E-state index is -0.912. The lowest BCUT2D eigenvalue weighted by atomic mass is 9.96. The first kappa shape index (κ1) is 16.0. The third kappa shape index (κ3) is 4.10. The molecule has 6 nitrogen and oxygen atoms in total. The molecule has 3 rings (SSSR count). The summed E-state index contributed by atoms with van der Waals surface area (Å²) in [5.74, 6) is -0.749. The van der Waals surface area contributed by atoms with Gasteiger partial charge in [0.1, 0.15) is 6.10 Å². The molecule has 0 atom stereocenters. The fourth-order valence-electron chi connectivity index (χ4n) is 2.41. The van der Waals surface area contributed by atoms with E-state index >= 15 is 0 Å². The normalized spacial score (nSPS) is 13.8. The van der Waals surface area contributed by atoms with E-state index in [0.717, 1.165) is 19.3 Å². The van der Waals surface area contributed by atoms with Crippen LogP contribution in [-0.2, 0) is 11.2 Å². The largest absolute Gasteiger partial charge is 0.481 e. The number of benzene rings is 1. The van der Waals surface area contributed by atoms with Crippen molar-refractivity contribution in [2.45, 2.75) is 31.8 Å². The number of hydrogen-bond acceptors (Lipinski definition) is 4. The first-order valence-corrected chi connectivity index (χ1v) is 7.85. The Bertz CT molecular complexity index is 756. The van der Waals surface area contributed by atoms with E-state index < -0.39 is 5.97 Å². The third-order valence-corrected chi connectivity index (χ3v) is 3.88. The second kappa shape index (κ2) is 7.12. The van der Waals surface area contributed by atoms with Gasteiger partial charge in [0.2, 0.25) is 5.88 Å². The van der Waals surface area contributed by atoms with Crippen LogP contribution in [0.2, 0.25) is 0 Å². The highest BCUT2D eigenvalue weighted by atomic mass is 16.5. The molecule has 0 aliphatic heterocycles. The van der Waals surface area contributed by atoms with Crippen molar-refractivity contribution < 1.29 is 19.4 Å². The number of carboxylic acid groups (broad SMARTS) is 1. The lowest BCUT2D eigenvalue weighted by Crippen LogP contribution is -2.25. The van der Waals surface area contributed by atoms with Gasteiger partial charge in [-0.1, -0.05) is 12.1 Å². The van der Waals surface area contributed by atoms with E-state index in [1.54, 1.807) is 42.6 Å². The molecule has 1 aliphatic carbocycles. The minimum Gasteiger partial charge on any atom is -0.481 e. The Balaban J connectivity index is 1.68. The fourth-order valence-corrected chi connectivity index (χ4v) is 2.41. The number of carbonyl (C=O) groups excluding carboxylic acids is 1. The number of carboxylic acids is 1. The van der Waals surface area contributed by atoms with Gasteiger partial charge in [0, 0.05) is 23.5 Å². The zero-order valence-electron chi connectivity index (χ0n) is 13.1. The van der Waals surface area contributed by atoms with Crippen LogP contribution in [0.4, 0.5) is 5.69 Å². The maximum Gasteiger partial charge on any atom is 0.307 e. The molecule has 2 N–H and O–H groups in total. The van der Waals surface area contributed by atoms with E-state index in [4.69, 9.17) is 9.84 Å². The summed E-state index contributed by atoms with van der Waals surface area (Å²) in [6.45, 7) is 0. The van der Waals surface area contributed by atoms with Crippen LogP contribution in [-0.4, -0.2) is 28.1 Å². The zero-order chi connectivity index (χ0) is 16.9. The van der Waals surface area contributed by atoms with Crippen molar-refractivity contribution in [2.75, 3.05) is 5.32 Å². The number of nitrogens with one attached hydrogen (secondary N) is 1. The molecule has 1 aromatic heterocycles.